The van der Waals surface area contributed by atoms with Gasteiger partial charge in [0.25, 0.3) is 0 Å². The molecule has 1 heterocycles. The first kappa shape index (κ1) is 13.6. The number of para-hydroxylation sites is 2. The quantitative estimate of drug-likeness (QED) is 0.909. The lowest BCUT2D eigenvalue weighted by atomic mass is 9.92. The van der Waals surface area contributed by atoms with Gasteiger partial charge in [0.05, 0.1) is 12.5 Å². The molecule has 2 aromatic carbocycles. The number of rotatable bonds is 3. The highest BCUT2D eigenvalue weighted by molar-refractivity contribution is 5.97. The molecule has 3 N–H and O–H groups in total. The second-order valence-corrected chi connectivity index (χ2v) is 5.08. The molecule has 4 nitrogen and oxygen atoms in total. The molecule has 0 saturated heterocycles. The Kier molecular flexibility index (Phi) is 3.88. The van der Waals surface area contributed by atoms with E-state index < -0.39 is 0 Å². The Balaban J connectivity index is 1.84. The van der Waals surface area contributed by atoms with Crippen molar-refractivity contribution in [2.45, 2.75) is 18.9 Å². The third-order valence-electron chi connectivity index (χ3n) is 3.77. The summed E-state index contributed by atoms with van der Waals surface area (Å²) in [5.41, 5.74) is 8.38. The number of benzene rings is 2. The predicted molar refractivity (Wildman–Crippen MR) is 82.3 cm³/mol. The minimum Gasteiger partial charge on any atom is -0.493 e. The Morgan fingerprint density at radius 2 is 1.95 bits per heavy atom. The molecule has 4 heteroatoms. The van der Waals surface area contributed by atoms with Crippen LogP contribution < -0.4 is 15.8 Å². The van der Waals surface area contributed by atoms with Crippen LogP contribution in [0.25, 0.3) is 0 Å². The fraction of sp³-hybridized carbons (Fsp3) is 0.235. The second kappa shape index (κ2) is 5.97. The molecule has 21 heavy (non-hydrogen) atoms. The van der Waals surface area contributed by atoms with E-state index in [1.807, 2.05) is 48.5 Å². The number of carbonyl (C=O) groups is 1. The van der Waals surface area contributed by atoms with E-state index in [9.17, 15) is 4.79 Å². The SMILES string of the molecule is NCc1ccccc1NC(=O)C1CCOc2ccccc21. The summed E-state index contributed by atoms with van der Waals surface area (Å²) in [5.74, 6) is 0.614. The minimum atomic E-state index is -0.180. The molecular weight excluding hydrogens is 264 g/mol. The maximum Gasteiger partial charge on any atom is 0.232 e. The molecular formula is C17H18N2O2. The summed E-state index contributed by atoms with van der Waals surface area (Å²) in [6, 6.07) is 15.3. The van der Waals surface area contributed by atoms with Gasteiger partial charge in [-0.05, 0) is 24.1 Å². The smallest absolute Gasteiger partial charge is 0.232 e. The van der Waals surface area contributed by atoms with E-state index in [-0.39, 0.29) is 11.8 Å². The fourth-order valence-electron chi connectivity index (χ4n) is 2.65. The zero-order valence-electron chi connectivity index (χ0n) is 11.7. The first-order chi connectivity index (χ1) is 10.3. The number of carbonyl (C=O) groups excluding carboxylic acids is 1. The van der Waals surface area contributed by atoms with E-state index in [0.717, 1.165) is 22.6 Å². The molecule has 1 unspecified atom stereocenters. The van der Waals surface area contributed by atoms with E-state index >= 15 is 0 Å². The monoisotopic (exact) mass is 282 g/mol. The number of ether oxygens (including phenoxy) is 1. The Bertz CT molecular complexity index is 655. The molecule has 1 amide bonds. The van der Waals surface area contributed by atoms with Crippen LogP contribution in [0.5, 0.6) is 5.75 Å². The molecule has 0 aromatic heterocycles. The lowest BCUT2D eigenvalue weighted by molar-refractivity contribution is -0.118. The lowest BCUT2D eigenvalue weighted by Crippen LogP contribution is -2.27. The molecule has 0 aliphatic carbocycles. The van der Waals surface area contributed by atoms with Gasteiger partial charge in [0.2, 0.25) is 5.91 Å². The molecule has 0 saturated carbocycles. The molecule has 3 rings (SSSR count). The fourth-order valence-corrected chi connectivity index (χ4v) is 2.65. The Labute approximate surface area is 123 Å². The van der Waals surface area contributed by atoms with E-state index in [0.29, 0.717) is 19.6 Å². The van der Waals surface area contributed by atoms with Gasteiger partial charge in [-0.15, -0.1) is 0 Å². The van der Waals surface area contributed by atoms with Crippen molar-refractivity contribution in [3.63, 3.8) is 0 Å². The largest absolute Gasteiger partial charge is 0.493 e. The van der Waals surface area contributed by atoms with Crippen LogP contribution in [-0.4, -0.2) is 12.5 Å². The standard InChI is InChI=1S/C17H18N2O2/c18-11-12-5-1-3-7-15(12)19-17(20)14-9-10-21-16-8-4-2-6-13(14)16/h1-8,14H,9-11,18H2,(H,19,20). The van der Waals surface area contributed by atoms with Crippen LogP contribution in [0, 0.1) is 0 Å². The zero-order chi connectivity index (χ0) is 14.7. The average molecular weight is 282 g/mol. The highest BCUT2D eigenvalue weighted by Crippen LogP contribution is 2.34. The van der Waals surface area contributed by atoms with Crippen LogP contribution >= 0.6 is 0 Å². The maximum atomic E-state index is 12.6. The minimum absolute atomic E-state index is 0.00773. The van der Waals surface area contributed by atoms with Crippen LogP contribution in [0.4, 0.5) is 5.69 Å². The molecule has 1 atom stereocenters. The first-order valence-corrected chi connectivity index (χ1v) is 7.10. The normalized spacial score (nSPS) is 16.7. The van der Waals surface area contributed by atoms with Crippen molar-refractivity contribution in [1.82, 2.24) is 0 Å². The van der Waals surface area contributed by atoms with Crippen LogP contribution in [0.15, 0.2) is 48.5 Å². The summed E-state index contributed by atoms with van der Waals surface area (Å²) in [4.78, 5) is 12.6. The molecule has 108 valence electrons. The topological polar surface area (TPSA) is 64.3 Å². The van der Waals surface area contributed by atoms with Crippen molar-refractivity contribution in [3.8, 4) is 5.75 Å². The molecule has 1 aliphatic heterocycles. The van der Waals surface area contributed by atoms with E-state index in [4.69, 9.17) is 10.5 Å². The van der Waals surface area contributed by atoms with E-state index in [2.05, 4.69) is 5.32 Å². The third-order valence-corrected chi connectivity index (χ3v) is 3.77. The summed E-state index contributed by atoms with van der Waals surface area (Å²) in [5, 5.41) is 3.00. The lowest BCUT2D eigenvalue weighted by Gasteiger charge is -2.25. The number of hydrogen-bond acceptors (Lipinski definition) is 3. The molecule has 2 aromatic rings. The van der Waals surface area contributed by atoms with Gasteiger partial charge in [-0.25, -0.2) is 0 Å². The van der Waals surface area contributed by atoms with Gasteiger partial charge in [-0.1, -0.05) is 36.4 Å². The van der Waals surface area contributed by atoms with Gasteiger partial charge in [0.15, 0.2) is 0 Å². The summed E-state index contributed by atoms with van der Waals surface area (Å²) >= 11 is 0. The van der Waals surface area contributed by atoms with Gasteiger partial charge in [0.1, 0.15) is 5.75 Å². The maximum absolute atomic E-state index is 12.6. The Hall–Kier alpha value is -2.33. The van der Waals surface area contributed by atoms with Gasteiger partial charge in [0, 0.05) is 17.8 Å². The molecule has 0 spiro atoms. The summed E-state index contributed by atoms with van der Waals surface area (Å²) < 4.78 is 5.60. The number of anilines is 1. The Morgan fingerprint density at radius 3 is 2.81 bits per heavy atom. The van der Waals surface area contributed by atoms with Gasteiger partial charge >= 0.3 is 0 Å². The van der Waals surface area contributed by atoms with Gasteiger partial charge < -0.3 is 15.8 Å². The highest BCUT2D eigenvalue weighted by atomic mass is 16.5. The zero-order valence-corrected chi connectivity index (χ0v) is 11.7. The summed E-state index contributed by atoms with van der Waals surface area (Å²) in [6.07, 6.45) is 0.688. The van der Waals surface area contributed by atoms with Crippen molar-refractivity contribution < 1.29 is 9.53 Å². The Morgan fingerprint density at radius 1 is 1.19 bits per heavy atom. The van der Waals surface area contributed by atoms with Crippen LogP contribution in [-0.2, 0) is 11.3 Å². The summed E-state index contributed by atoms with van der Waals surface area (Å²) in [7, 11) is 0. The summed E-state index contributed by atoms with van der Waals surface area (Å²) in [6.45, 7) is 0.967. The van der Waals surface area contributed by atoms with Crippen molar-refractivity contribution in [1.29, 1.82) is 0 Å². The van der Waals surface area contributed by atoms with Crippen LogP contribution in [0.2, 0.25) is 0 Å². The molecule has 1 aliphatic rings. The van der Waals surface area contributed by atoms with Gasteiger partial charge in [-0.2, -0.15) is 0 Å². The number of nitrogens with one attached hydrogen (secondary N) is 1. The van der Waals surface area contributed by atoms with Crippen molar-refractivity contribution in [3.05, 3.63) is 59.7 Å². The predicted octanol–water partition coefficient (Wildman–Crippen LogP) is 2.65. The molecule has 0 radical (unpaired) electrons. The van der Waals surface area contributed by atoms with Crippen molar-refractivity contribution in [2.75, 3.05) is 11.9 Å². The van der Waals surface area contributed by atoms with E-state index in [1.54, 1.807) is 0 Å². The number of fused-ring (bicyclic) bond motifs is 1. The number of amides is 1. The number of hydrogen-bond donors (Lipinski definition) is 2. The second-order valence-electron chi connectivity index (χ2n) is 5.08. The molecule has 0 fully saturated rings. The average Bonchev–Trinajstić information content (AvgIpc) is 2.54. The number of nitrogens with two attached hydrogens (primary N) is 1. The van der Waals surface area contributed by atoms with Crippen LogP contribution in [0.3, 0.4) is 0 Å². The van der Waals surface area contributed by atoms with Crippen LogP contribution in [0.1, 0.15) is 23.5 Å². The van der Waals surface area contributed by atoms with E-state index in [1.165, 1.54) is 0 Å². The van der Waals surface area contributed by atoms with Gasteiger partial charge in [-0.3, -0.25) is 4.79 Å². The van der Waals surface area contributed by atoms with Crippen molar-refractivity contribution >= 4 is 11.6 Å². The van der Waals surface area contributed by atoms with Crippen molar-refractivity contribution in [2.24, 2.45) is 5.73 Å². The highest BCUT2D eigenvalue weighted by Gasteiger charge is 2.27. The molecule has 0 bridgehead atoms. The third kappa shape index (κ3) is 2.76. The first-order valence-electron chi connectivity index (χ1n) is 7.10.